The highest BCUT2D eigenvalue weighted by Gasteiger charge is 2.22. The molecule has 9 heteroatoms. The number of hydrogen-bond acceptors (Lipinski definition) is 6. The first-order chi connectivity index (χ1) is 15.0. The predicted molar refractivity (Wildman–Crippen MR) is 126 cm³/mol. The van der Waals surface area contributed by atoms with E-state index in [9.17, 15) is 4.79 Å². The van der Waals surface area contributed by atoms with Crippen molar-refractivity contribution < 1.29 is 14.3 Å². The fraction of sp³-hybridized carbons (Fsp3) is 0.364. The van der Waals surface area contributed by atoms with Gasteiger partial charge in [-0.3, -0.25) is 14.6 Å². The lowest BCUT2D eigenvalue weighted by Gasteiger charge is -2.29. The Morgan fingerprint density at radius 3 is 2.81 bits per heavy atom. The second-order valence-corrected chi connectivity index (χ2v) is 9.13. The molecule has 1 fully saturated rings. The third-order valence-electron chi connectivity index (χ3n) is 5.13. The summed E-state index contributed by atoms with van der Waals surface area (Å²) in [6, 6.07) is 11.0. The van der Waals surface area contributed by atoms with Crippen molar-refractivity contribution >= 4 is 55.8 Å². The maximum absolute atomic E-state index is 13.2. The second-order valence-electron chi connectivity index (χ2n) is 7.28. The molecule has 3 aromatic rings. The van der Waals surface area contributed by atoms with Crippen LogP contribution in [-0.4, -0.2) is 61.8 Å². The summed E-state index contributed by atoms with van der Waals surface area (Å²) in [4.78, 5) is 22.0. The normalized spacial score (nSPS) is 14.7. The fourth-order valence-corrected chi connectivity index (χ4v) is 4.94. The third kappa shape index (κ3) is 5.48. The van der Waals surface area contributed by atoms with Gasteiger partial charge < -0.3 is 9.47 Å². The number of aromatic nitrogens is 1. The quantitative estimate of drug-likeness (QED) is 0.493. The summed E-state index contributed by atoms with van der Waals surface area (Å²) in [5.41, 5.74) is 2.01. The summed E-state index contributed by atoms with van der Waals surface area (Å²) in [5, 5.41) is 1.56. The number of hydrogen-bond donors (Lipinski definition) is 0. The Balaban J connectivity index is 1.52. The summed E-state index contributed by atoms with van der Waals surface area (Å²) in [6.45, 7) is 6.30. The molecule has 1 amide bonds. The predicted octanol–water partition coefficient (Wildman–Crippen LogP) is 4.66. The lowest BCUT2D eigenvalue weighted by atomic mass is 10.2. The Morgan fingerprint density at radius 2 is 2.06 bits per heavy atom. The highest BCUT2D eigenvalue weighted by molar-refractivity contribution is 7.22. The number of carbonyl (C=O) groups is 1. The summed E-state index contributed by atoms with van der Waals surface area (Å²) in [5.74, 6) is 0.253. The fourth-order valence-electron chi connectivity index (χ4n) is 3.39. The van der Waals surface area contributed by atoms with Gasteiger partial charge in [0.2, 0.25) is 0 Å². The highest BCUT2D eigenvalue weighted by atomic mass is 35.5. The molecule has 0 unspecified atom stereocenters. The van der Waals surface area contributed by atoms with E-state index in [0.717, 1.165) is 35.4 Å². The highest BCUT2D eigenvalue weighted by Crippen LogP contribution is 2.31. The number of aryl methyl sites for hydroxylation is 1. The van der Waals surface area contributed by atoms with Crippen LogP contribution in [0.25, 0.3) is 10.2 Å². The van der Waals surface area contributed by atoms with Crippen molar-refractivity contribution in [2.45, 2.75) is 6.92 Å². The van der Waals surface area contributed by atoms with Crippen LogP contribution in [0.4, 0.5) is 5.13 Å². The van der Waals surface area contributed by atoms with Crippen molar-refractivity contribution in [3.63, 3.8) is 0 Å². The Bertz CT molecular complexity index is 1070. The first kappa shape index (κ1) is 22.3. The smallest absolute Gasteiger partial charge is 0.266 e. The standard InChI is InChI=1S/C22H23Cl2N3O3S/c1-15-3-2-4-19-21(15)25-22(31-19)27(8-7-26-9-11-29-12-10-26)20(28)14-30-18-6-5-16(23)13-17(18)24/h2-6,13H,7-12,14H2,1H3. The minimum atomic E-state index is -0.170. The Morgan fingerprint density at radius 1 is 1.26 bits per heavy atom. The maximum atomic E-state index is 13.2. The van der Waals surface area contributed by atoms with Crippen LogP contribution in [0.1, 0.15) is 5.56 Å². The number of ether oxygens (including phenoxy) is 2. The molecular weight excluding hydrogens is 457 g/mol. The van der Waals surface area contributed by atoms with Gasteiger partial charge in [-0.1, -0.05) is 46.7 Å². The van der Waals surface area contributed by atoms with Gasteiger partial charge in [0, 0.05) is 31.2 Å². The van der Waals surface area contributed by atoms with Crippen molar-refractivity contribution in [2.75, 3.05) is 50.9 Å². The zero-order valence-corrected chi connectivity index (χ0v) is 19.5. The molecule has 1 aliphatic heterocycles. The van der Waals surface area contributed by atoms with E-state index in [1.54, 1.807) is 23.1 Å². The van der Waals surface area contributed by atoms with Gasteiger partial charge in [0.15, 0.2) is 11.7 Å². The lowest BCUT2D eigenvalue weighted by molar-refractivity contribution is -0.120. The molecule has 0 spiro atoms. The summed E-state index contributed by atoms with van der Waals surface area (Å²) >= 11 is 13.6. The molecule has 6 nitrogen and oxygen atoms in total. The molecule has 0 atom stereocenters. The number of nitrogens with zero attached hydrogens (tertiary/aromatic N) is 3. The van der Waals surface area contributed by atoms with Gasteiger partial charge in [0.05, 0.1) is 28.5 Å². The summed E-state index contributed by atoms with van der Waals surface area (Å²) < 4.78 is 12.2. The number of morpholine rings is 1. The van der Waals surface area contributed by atoms with Crippen molar-refractivity contribution in [3.8, 4) is 5.75 Å². The first-order valence-electron chi connectivity index (χ1n) is 10.1. The number of thiazole rings is 1. The molecule has 2 aromatic carbocycles. The van der Waals surface area contributed by atoms with E-state index in [2.05, 4.69) is 4.90 Å². The molecule has 1 aromatic heterocycles. The topological polar surface area (TPSA) is 54.9 Å². The van der Waals surface area contributed by atoms with Gasteiger partial charge >= 0.3 is 0 Å². The first-order valence-corrected chi connectivity index (χ1v) is 11.6. The molecule has 4 rings (SSSR count). The third-order valence-corrected chi connectivity index (χ3v) is 6.70. The monoisotopic (exact) mass is 479 g/mol. The average Bonchev–Trinajstić information content (AvgIpc) is 3.19. The van der Waals surface area contributed by atoms with Crippen molar-refractivity contribution in [1.29, 1.82) is 0 Å². The number of benzene rings is 2. The molecule has 0 bridgehead atoms. The van der Waals surface area contributed by atoms with Crippen LogP contribution >= 0.6 is 34.5 Å². The zero-order chi connectivity index (χ0) is 21.8. The van der Waals surface area contributed by atoms with Crippen LogP contribution in [0.3, 0.4) is 0 Å². The molecule has 0 radical (unpaired) electrons. The zero-order valence-electron chi connectivity index (χ0n) is 17.1. The van der Waals surface area contributed by atoms with E-state index in [1.165, 1.54) is 11.3 Å². The number of anilines is 1. The molecule has 164 valence electrons. The number of carbonyl (C=O) groups excluding carboxylic acids is 1. The number of halogens is 2. The molecule has 1 saturated heterocycles. The van der Waals surface area contributed by atoms with E-state index in [1.807, 2.05) is 25.1 Å². The number of fused-ring (bicyclic) bond motifs is 1. The molecule has 1 aliphatic rings. The van der Waals surface area contributed by atoms with E-state index in [-0.39, 0.29) is 12.5 Å². The average molecular weight is 480 g/mol. The lowest BCUT2D eigenvalue weighted by Crippen LogP contribution is -2.44. The van der Waals surface area contributed by atoms with Crippen molar-refractivity contribution in [1.82, 2.24) is 9.88 Å². The van der Waals surface area contributed by atoms with Crippen LogP contribution in [0.15, 0.2) is 36.4 Å². The molecule has 2 heterocycles. The molecule has 0 aliphatic carbocycles. The van der Waals surface area contributed by atoms with Crippen molar-refractivity contribution in [2.24, 2.45) is 0 Å². The molecular formula is C22H23Cl2N3O3S. The Labute approximate surface area is 195 Å². The maximum Gasteiger partial charge on any atom is 0.266 e. The Hall–Kier alpha value is -1.90. The largest absolute Gasteiger partial charge is 0.482 e. The second kappa shape index (κ2) is 10.1. The number of para-hydroxylation sites is 1. The summed E-state index contributed by atoms with van der Waals surface area (Å²) in [7, 11) is 0. The summed E-state index contributed by atoms with van der Waals surface area (Å²) in [6.07, 6.45) is 0. The van der Waals surface area contributed by atoms with Crippen LogP contribution in [0, 0.1) is 6.92 Å². The molecule has 31 heavy (non-hydrogen) atoms. The van der Waals surface area contributed by atoms with E-state index >= 15 is 0 Å². The van der Waals surface area contributed by atoms with Crippen LogP contribution in [-0.2, 0) is 9.53 Å². The van der Waals surface area contributed by atoms with Crippen LogP contribution in [0.2, 0.25) is 10.0 Å². The molecule has 0 saturated carbocycles. The SMILES string of the molecule is Cc1cccc2sc(N(CCN3CCOCC3)C(=O)COc3ccc(Cl)cc3Cl)nc12. The van der Waals surface area contributed by atoms with Gasteiger partial charge in [-0.15, -0.1) is 0 Å². The van der Waals surface area contributed by atoms with E-state index < -0.39 is 0 Å². The van der Waals surface area contributed by atoms with E-state index in [4.69, 9.17) is 37.7 Å². The number of amides is 1. The Kier molecular flexibility index (Phi) is 7.30. The minimum Gasteiger partial charge on any atom is -0.482 e. The molecule has 0 N–H and O–H groups in total. The van der Waals surface area contributed by atoms with E-state index in [0.29, 0.717) is 40.7 Å². The van der Waals surface area contributed by atoms with Gasteiger partial charge in [-0.25, -0.2) is 4.98 Å². The van der Waals surface area contributed by atoms with Gasteiger partial charge in [0.25, 0.3) is 5.91 Å². The van der Waals surface area contributed by atoms with Crippen LogP contribution in [0.5, 0.6) is 5.75 Å². The van der Waals surface area contributed by atoms with Gasteiger partial charge in [0.1, 0.15) is 5.75 Å². The number of rotatable bonds is 7. The van der Waals surface area contributed by atoms with Gasteiger partial charge in [-0.2, -0.15) is 0 Å². The van der Waals surface area contributed by atoms with Crippen LogP contribution < -0.4 is 9.64 Å². The van der Waals surface area contributed by atoms with Gasteiger partial charge in [-0.05, 0) is 36.8 Å². The minimum absolute atomic E-state index is 0.140. The van der Waals surface area contributed by atoms with Crippen molar-refractivity contribution in [3.05, 3.63) is 52.0 Å².